The van der Waals surface area contributed by atoms with E-state index in [0.717, 1.165) is 12.8 Å². The van der Waals surface area contributed by atoms with Gasteiger partial charge in [0.25, 0.3) is 5.91 Å². The Morgan fingerprint density at radius 3 is 2.48 bits per heavy atom. The van der Waals surface area contributed by atoms with Crippen molar-refractivity contribution in [3.8, 4) is 0 Å². The van der Waals surface area contributed by atoms with E-state index >= 15 is 0 Å². The van der Waals surface area contributed by atoms with E-state index in [-0.39, 0.29) is 30.1 Å². The molecule has 25 heavy (non-hydrogen) atoms. The standard InChI is InChI=1S/C18H26ClN3O2.ClH/c1-12(2)10-17(23)21-14-4-5-16(19)15(11-14)18(24)22-8-6-13(20-3)7-9-22;/h4-5,11-13,20H,6-10H2,1-3H3,(H,21,23);1H. The smallest absolute Gasteiger partial charge is 0.255 e. The van der Waals surface area contributed by atoms with Crippen LogP contribution in [-0.2, 0) is 4.79 Å². The van der Waals surface area contributed by atoms with Gasteiger partial charge in [0.2, 0.25) is 5.91 Å². The van der Waals surface area contributed by atoms with Crippen LogP contribution < -0.4 is 10.6 Å². The first-order valence-corrected chi connectivity index (χ1v) is 8.84. The molecule has 1 saturated heterocycles. The Bertz CT molecular complexity index is 600. The minimum absolute atomic E-state index is 0. The minimum Gasteiger partial charge on any atom is -0.338 e. The van der Waals surface area contributed by atoms with E-state index in [2.05, 4.69) is 10.6 Å². The summed E-state index contributed by atoms with van der Waals surface area (Å²) in [5.41, 5.74) is 1.06. The van der Waals surface area contributed by atoms with Crippen molar-refractivity contribution in [2.24, 2.45) is 5.92 Å². The fourth-order valence-corrected chi connectivity index (χ4v) is 3.09. The molecule has 2 rings (SSSR count). The second-order valence-electron chi connectivity index (χ2n) is 6.70. The van der Waals surface area contributed by atoms with Crippen LogP contribution >= 0.6 is 24.0 Å². The molecule has 1 aliphatic rings. The molecule has 0 radical (unpaired) electrons. The van der Waals surface area contributed by atoms with Crippen LogP contribution in [0.1, 0.15) is 43.5 Å². The summed E-state index contributed by atoms with van der Waals surface area (Å²) in [5, 5.41) is 6.50. The Morgan fingerprint density at radius 1 is 1.28 bits per heavy atom. The van der Waals surface area contributed by atoms with Crippen molar-refractivity contribution < 1.29 is 9.59 Å². The molecule has 0 saturated carbocycles. The van der Waals surface area contributed by atoms with Gasteiger partial charge < -0.3 is 15.5 Å². The second kappa shape index (κ2) is 10.00. The number of nitrogens with zero attached hydrogens (tertiary/aromatic N) is 1. The van der Waals surface area contributed by atoms with E-state index in [4.69, 9.17) is 11.6 Å². The number of anilines is 1. The first kappa shape index (κ1) is 21.7. The van der Waals surface area contributed by atoms with Gasteiger partial charge in [-0.05, 0) is 44.0 Å². The van der Waals surface area contributed by atoms with Gasteiger partial charge in [0, 0.05) is 31.2 Å². The van der Waals surface area contributed by atoms with Crippen LogP contribution in [0.5, 0.6) is 0 Å². The maximum absolute atomic E-state index is 12.7. The van der Waals surface area contributed by atoms with Crippen LogP contribution in [0.3, 0.4) is 0 Å². The van der Waals surface area contributed by atoms with Crippen molar-refractivity contribution in [1.82, 2.24) is 10.2 Å². The van der Waals surface area contributed by atoms with E-state index in [9.17, 15) is 9.59 Å². The summed E-state index contributed by atoms with van der Waals surface area (Å²) in [6, 6.07) is 5.53. The molecule has 2 N–H and O–H groups in total. The average molecular weight is 388 g/mol. The molecule has 140 valence electrons. The van der Waals surface area contributed by atoms with E-state index in [1.165, 1.54) is 0 Å². The van der Waals surface area contributed by atoms with Gasteiger partial charge in [-0.3, -0.25) is 9.59 Å². The van der Waals surface area contributed by atoms with Crippen LogP contribution in [0.2, 0.25) is 5.02 Å². The Morgan fingerprint density at radius 2 is 1.92 bits per heavy atom. The lowest BCUT2D eigenvalue weighted by molar-refractivity contribution is -0.116. The molecule has 1 aromatic carbocycles. The number of nitrogens with one attached hydrogen (secondary N) is 2. The molecule has 0 unspecified atom stereocenters. The molecule has 0 aliphatic carbocycles. The lowest BCUT2D eigenvalue weighted by Crippen LogP contribution is -2.44. The monoisotopic (exact) mass is 387 g/mol. The van der Waals surface area contributed by atoms with Gasteiger partial charge in [-0.2, -0.15) is 0 Å². The molecule has 1 aliphatic heterocycles. The molecule has 7 heteroatoms. The van der Waals surface area contributed by atoms with Gasteiger partial charge in [0.15, 0.2) is 0 Å². The molecular formula is C18H27Cl2N3O2. The van der Waals surface area contributed by atoms with Crippen LogP contribution in [0.4, 0.5) is 5.69 Å². The fourth-order valence-electron chi connectivity index (χ4n) is 2.89. The molecule has 1 fully saturated rings. The number of amides is 2. The van der Waals surface area contributed by atoms with Crippen molar-refractivity contribution in [2.45, 2.75) is 39.2 Å². The van der Waals surface area contributed by atoms with Crippen molar-refractivity contribution in [1.29, 1.82) is 0 Å². The number of benzene rings is 1. The number of carbonyl (C=O) groups is 2. The number of hydrogen-bond acceptors (Lipinski definition) is 3. The summed E-state index contributed by atoms with van der Waals surface area (Å²) < 4.78 is 0. The second-order valence-corrected chi connectivity index (χ2v) is 7.10. The zero-order valence-corrected chi connectivity index (χ0v) is 16.5. The first-order chi connectivity index (χ1) is 11.4. The quantitative estimate of drug-likeness (QED) is 0.811. The molecule has 1 heterocycles. The van der Waals surface area contributed by atoms with Gasteiger partial charge in [-0.1, -0.05) is 25.4 Å². The van der Waals surface area contributed by atoms with Crippen LogP contribution in [0, 0.1) is 5.92 Å². The van der Waals surface area contributed by atoms with Crippen molar-refractivity contribution >= 4 is 41.5 Å². The number of halogens is 2. The highest BCUT2D eigenvalue weighted by Gasteiger charge is 2.24. The van der Waals surface area contributed by atoms with Gasteiger partial charge in [0.05, 0.1) is 10.6 Å². The summed E-state index contributed by atoms with van der Waals surface area (Å²) in [6.07, 6.45) is 2.32. The highest BCUT2D eigenvalue weighted by Crippen LogP contribution is 2.24. The minimum atomic E-state index is -0.0745. The largest absolute Gasteiger partial charge is 0.338 e. The number of likely N-dealkylation sites (tertiary alicyclic amines) is 1. The van der Waals surface area contributed by atoms with Crippen LogP contribution in [0.25, 0.3) is 0 Å². The molecule has 5 nitrogen and oxygen atoms in total. The topological polar surface area (TPSA) is 61.4 Å². The van der Waals surface area contributed by atoms with E-state index < -0.39 is 0 Å². The summed E-state index contributed by atoms with van der Waals surface area (Å²) in [5.74, 6) is 0.155. The van der Waals surface area contributed by atoms with Crippen molar-refractivity contribution in [2.75, 3.05) is 25.5 Å². The molecule has 0 atom stereocenters. The van der Waals surface area contributed by atoms with E-state index in [1.54, 1.807) is 18.2 Å². The number of carbonyl (C=O) groups excluding carboxylic acids is 2. The third-order valence-electron chi connectivity index (χ3n) is 4.26. The SMILES string of the molecule is CNC1CCN(C(=O)c2cc(NC(=O)CC(C)C)ccc2Cl)CC1.Cl. The number of piperidine rings is 1. The first-order valence-electron chi connectivity index (χ1n) is 8.46. The molecule has 0 bridgehead atoms. The molecule has 0 spiro atoms. The summed E-state index contributed by atoms with van der Waals surface area (Å²) in [4.78, 5) is 26.5. The van der Waals surface area contributed by atoms with Crippen LogP contribution in [0.15, 0.2) is 18.2 Å². The van der Waals surface area contributed by atoms with Crippen molar-refractivity contribution in [3.63, 3.8) is 0 Å². The molecule has 0 aromatic heterocycles. The zero-order chi connectivity index (χ0) is 17.7. The Hall–Kier alpha value is -1.30. The van der Waals surface area contributed by atoms with Gasteiger partial charge in [-0.25, -0.2) is 0 Å². The maximum atomic E-state index is 12.7. The molecule has 1 aromatic rings. The average Bonchev–Trinajstić information content (AvgIpc) is 2.55. The predicted octanol–water partition coefficient (Wildman–Crippen LogP) is 3.57. The Kier molecular flexibility index (Phi) is 8.69. The van der Waals surface area contributed by atoms with Gasteiger partial charge in [0.1, 0.15) is 0 Å². The Balaban J connectivity index is 0.00000312. The third-order valence-corrected chi connectivity index (χ3v) is 4.59. The zero-order valence-electron chi connectivity index (χ0n) is 15.0. The third kappa shape index (κ3) is 6.17. The van der Waals surface area contributed by atoms with Gasteiger partial charge >= 0.3 is 0 Å². The van der Waals surface area contributed by atoms with Crippen molar-refractivity contribution in [3.05, 3.63) is 28.8 Å². The number of hydrogen-bond donors (Lipinski definition) is 2. The highest BCUT2D eigenvalue weighted by molar-refractivity contribution is 6.34. The molecule has 2 amide bonds. The summed E-state index contributed by atoms with van der Waals surface area (Å²) in [7, 11) is 1.95. The maximum Gasteiger partial charge on any atom is 0.255 e. The molecular weight excluding hydrogens is 361 g/mol. The fraction of sp³-hybridized carbons (Fsp3) is 0.556. The van der Waals surface area contributed by atoms with Crippen LogP contribution in [-0.4, -0.2) is 42.9 Å². The summed E-state index contributed by atoms with van der Waals surface area (Å²) >= 11 is 6.21. The van der Waals surface area contributed by atoms with Gasteiger partial charge in [-0.15, -0.1) is 12.4 Å². The highest BCUT2D eigenvalue weighted by atomic mass is 35.5. The van der Waals surface area contributed by atoms with E-state index in [1.807, 2.05) is 25.8 Å². The Labute approximate surface area is 160 Å². The number of rotatable bonds is 5. The lowest BCUT2D eigenvalue weighted by Gasteiger charge is -2.32. The summed E-state index contributed by atoms with van der Waals surface area (Å²) in [6.45, 7) is 5.41. The normalized spacial score (nSPS) is 15.0. The lowest BCUT2D eigenvalue weighted by atomic mass is 10.0. The van der Waals surface area contributed by atoms with E-state index in [0.29, 0.717) is 41.8 Å². The predicted molar refractivity (Wildman–Crippen MR) is 105 cm³/mol.